The maximum atomic E-state index is 13.5. The Morgan fingerprint density at radius 2 is 1.89 bits per heavy atom. The number of nitrogens with zero attached hydrogens (tertiary/aromatic N) is 8. The minimum Gasteiger partial charge on any atom is -0.503 e. The van der Waals surface area contributed by atoms with E-state index in [2.05, 4.69) is 45.8 Å². The first-order chi connectivity index (χ1) is 25.7. The van der Waals surface area contributed by atoms with Crippen LogP contribution in [0.3, 0.4) is 0 Å². The SMILES string of the molecule is Nc1nc(/C(=N/OCCSc2nnc(-c3cc(=O)c(O)c[nH]3)o2)C(=O)N[C@@H]2C(=O)N3C(C(=O)O)=C(CSc4nnc(-c5ccncc5)o4)CS[C@H]23)cs1. The molecule has 0 spiro atoms. The maximum absolute atomic E-state index is 13.5. The predicted molar refractivity (Wildman–Crippen MR) is 190 cm³/mol. The molecule has 0 unspecified atom stereocenters. The van der Waals surface area contributed by atoms with Crippen LogP contribution in [0.5, 0.6) is 5.75 Å². The third-order valence-corrected chi connectivity index (χ3v) is 11.0. The molecule has 53 heavy (non-hydrogen) atoms. The van der Waals surface area contributed by atoms with E-state index in [0.29, 0.717) is 11.1 Å². The Hall–Kier alpha value is -5.72. The molecule has 0 saturated carbocycles. The van der Waals surface area contributed by atoms with Crippen LogP contribution in [-0.4, -0.2) is 109 Å². The number of oxime groups is 1. The number of fused-ring (bicyclic) bond motifs is 1. The summed E-state index contributed by atoms with van der Waals surface area (Å²) in [5, 5.41) is 43.3. The van der Waals surface area contributed by atoms with E-state index in [1.165, 1.54) is 17.1 Å². The Kier molecular flexibility index (Phi) is 10.4. The van der Waals surface area contributed by atoms with Gasteiger partial charge in [-0.15, -0.1) is 43.5 Å². The van der Waals surface area contributed by atoms with Crippen LogP contribution in [0.2, 0.25) is 0 Å². The van der Waals surface area contributed by atoms with E-state index in [-0.39, 0.29) is 74.0 Å². The van der Waals surface area contributed by atoms with Crippen LogP contribution in [0.25, 0.3) is 23.0 Å². The fourth-order valence-electron chi connectivity index (χ4n) is 4.87. The summed E-state index contributed by atoms with van der Waals surface area (Å²) in [6.45, 7) is -0.0222. The highest BCUT2D eigenvalue weighted by atomic mass is 32.2. The quantitative estimate of drug-likeness (QED) is 0.0351. The summed E-state index contributed by atoms with van der Waals surface area (Å²) in [6, 6.07) is 3.49. The van der Waals surface area contributed by atoms with E-state index < -0.39 is 40.4 Å². The van der Waals surface area contributed by atoms with Crippen LogP contribution in [0, 0.1) is 0 Å². The number of aromatic nitrogens is 7. The molecule has 6 N–H and O–H groups in total. The lowest BCUT2D eigenvalue weighted by atomic mass is 10.0. The largest absolute Gasteiger partial charge is 0.503 e. The van der Waals surface area contributed by atoms with Gasteiger partial charge in [-0.1, -0.05) is 28.7 Å². The molecule has 1 saturated heterocycles. The summed E-state index contributed by atoms with van der Waals surface area (Å²) in [7, 11) is 0. The van der Waals surface area contributed by atoms with Gasteiger partial charge in [-0.25, -0.2) is 9.78 Å². The molecule has 5 aromatic rings. The first-order valence-electron chi connectivity index (χ1n) is 15.0. The Balaban J connectivity index is 0.967. The standard InChI is InChI=1S/C29H23N11O9S4/c30-27-33-15(11-52-27)18(39-47-5-6-50-28-37-36-23(49-28)14-7-16(41)17(42)8-32-14)21(43)34-19-24(44)40-20(26(45)46)13(9-51-25(19)40)10-53-29-38-35-22(48-29)12-1-3-31-4-2-12/h1-4,7-8,11,19,25,42H,5-6,9-10H2,(H2,30,33)(H,32,41)(H,34,43)(H,45,46)/b39-18-/t19-,25-/m1/s1. The molecule has 24 heteroatoms. The molecule has 1 fully saturated rings. The molecule has 0 aromatic carbocycles. The zero-order valence-corrected chi connectivity index (χ0v) is 29.8. The lowest BCUT2D eigenvalue weighted by molar-refractivity contribution is -0.150. The summed E-state index contributed by atoms with van der Waals surface area (Å²) in [5.41, 5.74) is 6.25. The number of pyridine rings is 2. The molecule has 0 aliphatic carbocycles. The number of H-pyrrole nitrogens is 1. The van der Waals surface area contributed by atoms with Crippen molar-refractivity contribution in [2.75, 3.05) is 29.6 Å². The number of carboxylic acids is 1. The number of hydrogen-bond acceptors (Lipinski definition) is 20. The topological polar surface area (TPSA) is 291 Å². The number of carbonyl (C=O) groups excluding carboxylic acids is 2. The number of nitrogen functional groups attached to an aromatic ring is 1. The number of anilines is 1. The molecule has 272 valence electrons. The number of thioether (sulfide) groups is 3. The molecule has 7 heterocycles. The summed E-state index contributed by atoms with van der Waals surface area (Å²) < 4.78 is 11.2. The molecule has 0 radical (unpaired) electrons. The third-order valence-electron chi connectivity index (χ3n) is 7.30. The molecule has 2 aliphatic heterocycles. The molecule has 7 rings (SSSR count). The molecule has 20 nitrogen and oxygen atoms in total. The number of nitrogens with one attached hydrogen (secondary N) is 2. The van der Waals surface area contributed by atoms with Gasteiger partial charge in [-0.05, 0) is 17.7 Å². The highest BCUT2D eigenvalue weighted by molar-refractivity contribution is 8.01. The molecular formula is C29H23N11O9S4. The van der Waals surface area contributed by atoms with Crippen molar-refractivity contribution in [1.29, 1.82) is 0 Å². The second kappa shape index (κ2) is 15.5. The van der Waals surface area contributed by atoms with E-state index in [0.717, 1.165) is 52.0 Å². The normalized spacial score (nSPS) is 17.0. The number of rotatable bonds is 14. The highest BCUT2D eigenvalue weighted by Crippen LogP contribution is 2.41. The Bertz CT molecular complexity index is 2310. The predicted octanol–water partition coefficient (Wildman–Crippen LogP) is 1.66. The van der Waals surface area contributed by atoms with E-state index in [4.69, 9.17) is 19.4 Å². The minimum absolute atomic E-state index is 0.0222. The second-order valence-electron chi connectivity index (χ2n) is 10.7. The number of nitrogens with two attached hydrogens (primary N) is 1. The van der Waals surface area contributed by atoms with Crippen molar-refractivity contribution in [3.05, 3.63) is 69.4 Å². The van der Waals surface area contributed by atoms with E-state index in [1.54, 1.807) is 24.5 Å². The first kappa shape index (κ1) is 35.7. The zero-order valence-electron chi connectivity index (χ0n) is 26.6. The van der Waals surface area contributed by atoms with Gasteiger partial charge in [-0.3, -0.25) is 24.3 Å². The molecule has 2 atom stereocenters. The molecule has 0 bridgehead atoms. The van der Waals surface area contributed by atoms with E-state index >= 15 is 0 Å². The number of aromatic amines is 1. The fraction of sp³-hybridized carbons (Fsp3) is 0.207. The summed E-state index contributed by atoms with van der Waals surface area (Å²) >= 11 is 4.62. The van der Waals surface area contributed by atoms with Crippen molar-refractivity contribution >= 4 is 75.2 Å². The van der Waals surface area contributed by atoms with Crippen molar-refractivity contribution in [3.63, 3.8) is 0 Å². The lowest BCUT2D eigenvalue weighted by Gasteiger charge is -2.49. The fourth-order valence-corrected chi connectivity index (χ4v) is 8.24. The van der Waals surface area contributed by atoms with Crippen LogP contribution in [0.4, 0.5) is 5.13 Å². The summed E-state index contributed by atoms with van der Waals surface area (Å²) in [4.78, 5) is 68.2. The maximum Gasteiger partial charge on any atom is 0.352 e. The van der Waals surface area contributed by atoms with Gasteiger partial charge < -0.3 is 39.9 Å². The van der Waals surface area contributed by atoms with Crippen molar-refractivity contribution < 1.29 is 38.3 Å². The van der Waals surface area contributed by atoms with E-state index in [1.807, 2.05) is 0 Å². The average molecular weight is 798 g/mol. The van der Waals surface area contributed by atoms with Gasteiger partial charge in [0.25, 0.3) is 28.2 Å². The lowest BCUT2D eigenvalue weighted by Crippen LogP contribution is -2.71. The van der Waals surface area contributed by atoms with Crippen molar-refractivity contribution in [2.24, 2.45) is 5.16 Å². The monoisotopic (exact) mass is 797 g/mol. The molecular weight excluding hydrogens is 775 g/mol. The second-order valence-corrected chi connectivity index (χ2v) is 14.6. The smallest absolute Gasteiger partial charge is 0.352 e. The highest BCUT2D eigenvalue weighted by Gasteiger charge is 2.54. The van der Waals surface area contributed by atoms with Crippen molar-refractivity contribution in [3.8, 4) is 28.8 Å². The number of thiazole rings is 1. The summed E-state index contributed by atoms with van der Waals surface area (Å²) in [6.07, 6.45) is 4.29. The number of β-lactam (4-membered cyclic amide) rings is 1. The number of aromatic hydroxyl groups is 1. The third kappa shape index (κ3) is 7.74. The average Bonchev–Trinajstić information content (AvgIpc) is 3.94. The Morgan fingerprint density at radius 3 is 2.62 bits per heavy atom. The first-order valence-corrected chi connectivity index (χ1v) is 18.9. The molecule has 2 amide bonds. The van der Waals surface area contributed by atoms with Crippen LogP contribution >= 0.6 is 46.6 Å². The summed E-state index contributed by atoms with van der Waals surface area (Å²) in [5.74, 6) is -2.13. The van der Waals surface area contributed by atoms with Crippen LogP contribution in [-0.2, 0) is 19.2 Å². The Labute approximate surface area is 312 Å². The van der Waals surface area contributed by atoms with Gasteiger partial charge in [0.2, 0.25) is 11.3 Å². The number of amides is 2. The number of aliphatic carboxylic acids is 1. The molecule has 2 aliphatic rings. The van der Waals surface area contributed by atoms with Crippen LogP contribution in [0.1, 0.15) is 5.69 Å². The van der Waals surface area contributed by atoms with Crippen LogP contribution < -0.4 is 16.5 Å². The molecule has 5 aromatic heterocycles. The van der Waals surface area contributed by atoms with Crippen molar-refractivity contribution in [1.82, 2.24) is 45.6 Å². The number of carbonyl (C=O) groups is 3. The zero-order chi connectivity index (χ0) is 37.1. The van der Waals surface area contributed by atoms with Gasteiger partial charge >= 0.3 is 5.97 Å². The van der Waals surface area contributed by atoms with Gasteiger partial charge in [0.1, 0.15) is 35.1 Å². The van der Waals surface area contributed by atoms with Gasteiger partial charge in [0.15, 0.2) is 16.6 Å². The Morgan fingerprint density at radius 1 is 1.13 bits per heavy atom. The number of carboxylic acid groups (broad SMARTS) is 1. The van der Waals surface area contributed by atoms with Crippen LogP contribution in [0.15, 0.2) is 82.7 Å². The van der Waals surface area contributed by atoms with Gasteiger partial charge in [0.05, 0.1) is 0 Å². The van der Waals surface area contributed by atoms with Gasteiger partial charge in [0, 0.05) is 52.9 Å². The van der Waals surface area contributed by atoms with Crippen molar-refractivity contribution in [2.45, 2.75) is 21.9 Å². The van der Waals surface area contributed by atoms with Gasteiger partial charge in [-0.2, -0.15) is 0 Å². The number of hydrogen-bond donors (Lipinski definition) is 5. The van der Waals surface area contributed by atoms with E-state index in [9.17, 15) is 29.4 Å². The minimum atomic E-state index is -1.29.